The van der Waals surface area contributed by atoms with E-state index in [1.165, 1.54) is 26.1 Å². The Morgan fingerprint density at radius 3 is 1.69 bits per heavy atom. The van der Waals surface area contributed by atoms with Crippen molar-refractivity contribution in [1.82, 2.24) is 9.97 Å². The highest BCUT2D eigenvalue weighted by Crippen LogP contribution is 2.37. The maximum atomic E-state index is 5.20. The van der Waals surface area contributed by atoms with E-state index in [2.05, 4.69) is 158 Å². The predicted molar refractivity (Wildman–Crippen MR) is 190 cm³/mol. The first kappa shape index (κ1) is 26.9. The molecular formula is C42H28N2S. The fourth-order valence-electron chi connectivity index (χ4n) is 5.83. The molecule has 2 nitrogen and oxygen atoms in total. The van der Waals surface area contributed by atoms with Gasteiger partial charge in [0, 0.05) is 26.3 Å². The number of rotatable bonds is 6. The number of nitrogens with zero attached hydrogens (tertiary/aromatic N) is 2. The summed E-state index contributed by atoms with van der Waals surface area (Å²) in [7, 11) is 0. The Bertz CT molecular complexity index is 2220. The molecule has 2 aromatic heterocycles. The largest absolute Gasteiger partial charge is 0.228 e. The molecule has 0 fully saturated rings. The minimum Gasteiger partial charge on any atom is -0.228 e. The minimum absolute atomic E-state index is 0.709. The van der Waals surface area contributed by atoms with Crippen LogP contribution in [0, 0.1) is 0 Å². The van der Waals surface area contributed by atoms with Crippen molar-refractivity contribution < 1.29 is 0 Å². The standard InChI is InChI=1S/C42H28N2S/c1-3-12-29(13-4-1)33-17-11-18-34(26-33)39-28-38(31-22-24-32(25-23-31)41-27-35-16-7-10-21-40(35)45-41)43-42(44-39)37-20-9-8-19-36(37)30-14-5-2-6-15-30/h1-28H. The molecule has 0 bridgehead atoms. The van der Waals surface area contributed by atoms with Gasteiger partial charge in [0.05, 0.1) is 11.4 Å². The molecule has 0 saturated carbocycles. The molecule has 0 spiro atoms. The molecular weight excluding hydrogens is 565 g/mol. The van der Waals surface area contributed by atoms with Gasteiger partial charge < -0.3 is 0 Å². The van der Waals surface area contributed by atoms with E-state index in [0.29, 0.717) is 5.82 Å². The maximum absolute atomic E-state index is 5.20. The van der Waals surface area contributed by atoms with E-state index in [1.807, 2.05) is 23.5 Å². The van der Waals surface area contributed by atoms with E-state index in [0.717, 1.165) is 44.8 Å². The molecule has 0 N–H and O–H groups in total. The highest BCUT2D eigenvalue weighted by molar-refractivity contribution is 7.22. The lowest BCUT2D eigenvalue weighted by Gasteiger charge is -2.13. The lowest BCUT2D eigenvalue weighted by Crippen LogP contribution is -1.97. The second-order valence-corrected chi connectivity index (χ2v) is 12.1. The van der Waals surface area contributed by atoms with Crippen LogP contribution in [0.5, 0.6) is 0 Å². The Labute approximate surface area is 267 Å². The Hall–Kier alpha value is -5.64. The Morgan fingerprint density at radius 2 is 0.933 bits per heavy atom. The van der Waals surface area contributed by atoms with Crippen LogP contribution in [-0.4, -0.2) is 9.97 Å². The number of aromatic nitrogens is 2. The highest BCUT2D eigenvalue weighted by atomic mass is 32.1. The normalized spacial score (nSPS) is 11.1. The second-order valence-electron chi connectivity index (χ2n) is 11.0. The maximum Gasteiger partial charge on any atom is 0.161 e. The van der Waals surface area contributed by atoms with Crippen LogP contribution in [0.1, 0.15) is 0 Å². The van der Waals surface area contributed by atoms with Crippen LogP contribution in [0.3, 0.4) is 0 Å². The zero-order valence-electron chi connectivity index (χ0n) is 24.5. The molecule has 0 aliphatic heterocycles. The fraction of sp³-hybridized carbons (Fsp3) is 0. The van der Waals surface area contributed by atoms with E-state index in [4.69, 9.17) is 9.97 Å². The molecule has 8 rings (SSSR count). The SMILES string of the molecule is c1ccc(-c2cccc(-c3cc(-c4ccc(-c5cc6ccccc6s5)cc4)nc(-c4ccccc4-c4ccccc4)n3)c2)cc1. The molecule has 8 aromatic rings. The average molecular weight is 593 g/mol. The smallest absolute Gasteiger partial charge is 0.161 e. The van der Waals surface area contributed by atoms with Crippen LogP contribution < -0.4 is 0 Å². The monoisotopic (exact) mass is 592 g/mol. The summed E-state index contributed by atoms with van der Waals surface area (Å²) in [4.78, 5) is 11.7. The van der Waals surface area contributed by atoms with Crippen LogP contribution in [0.25, 0.3) is 76.7 Å². The van der Waals surface area contributed by atoms with Crippen molar-refractivity contribution in [3.63, 3.8) is 0 Å². The molecule has 212 valence electrons. The number of fused-ring (bicyclic) bond motifs is 1. The summed E-state index contributed by atoms with van der Waals surface area (Å²) in [5.74, 6) is 0.709. The second kappa shape index (κ2) is 11.8. The molecule has 45 heavy (non-hydrogen) atoms. The van der Waals surface area contributed by atoms with Gasteiger partial charge >= 0.3 is 0 Å². The summed E-state index contributed by atoms with van der Waals surface area (Å²) in [5.41, 5.74) is 10.7. The zero-order valence-corrected chi connectivity index (χ0v) is 25.3. The van der Waals surface area contributed by atoms with Crippen LogP contribution in [-0.2, 0) is 0 Å². The summed E-state index contributed by atoms with van der Waals surface area (Å²) in [5, 5.41) is 1.28. The van der Waals surface area contributed by atoms with E-state index in [1.54, 1.807) is 0 Å². The van der Waals surface area contributed by atoms with Crippen LogP contribution in [0.2, 0.25) is 0 Å². The van der Waals surface area contributed by atoms with Crippen molar-refractivity contribution >= 4 is 21.4 Å². The van der Waals surface area contributed by atoms with Gasteiger partial charge in [0.15, 0.2) is 5.82 Å². The topological polar surface area (TPSA) is 25.8 Å². The predicted octanol–water partition coefficient (Wildman–Crippen LogP) is 11.7. The quantitative estimate of drug-likeness (QED) is 0.192. The first-order chi connectivity index (χ1) is 22.3. The van der Waals surface area contributed by atoms with Gasteiger partial charge in [0.1, 0.15) is 0 Å². The van der Waals surface area contributed by atoms with Gasteiger partial charge in [-0.25, -0.2) is 9.97 Å². The summed E-state index contributed by atoms with van der Waals surface area (Å²) in [6, 6.07) is 59.7. The average Bonchev–Trinajstić information content (AvgIpc) is 3.57. The molecule has 2 heterocycles. The highest BCUT2D eigenvalue weighted by Gasteiger charge is 2.15. The van der Waals surface area contributed by atoms with Crippen molar-refractivity contribution in [3.8, 4) is 66.6 Å². The number of hydrogen-bond acceptors (Lipinski definition) is 3. The third-order valence-electron chi connectivity index (χ3n) is 8.14. The van der Waals surface area contributed by atoms with E-state index in [-0.39, 0.29) is 0 Å². The first-order valence-electron chi connectivity index (χ1n) is 15.1. The van der Waals surface area contributed by atoms with Gasteiger partial charge in [0.2, 0.25) is 0 Å². The van der Waals surface area contributed by atoms with Crippen molar-refractivity contribution in [2.75, 3.05) is 0 Å². The molecule has 0 radical (unpaired) electrons. The summed E-state index contributed by atoms with van der Waals surface area (Å²) < 4.78 is 1.30. The molecule has 0 amide bonds. The van der Waals surface area contributed by atoms with E-state index < -0.39 is 0 Å². The number of thiophene rings is 1. The third kappa shape index (κ3) is 5.46. The zero-order chi connectivity index (χ0) is 30.0. The molecule has 6 aromatic carbocycles. The molecule has 0 atom stereocenters. The summed E-state index contributed by atoms with van der Waals surface area (Å²) >= 11 is 1.82. The first-order valence-corrected chi connectivity index (χ1v) is 15.9. The Balaban J connectivity index is 1.26. The van der Waals surface area contributed by atoms with Crippen molar-refractivity contribution in [2.24, 2.45) is 0 Å². The van der Waals surface area contributed by atoms with Crippen LogP contribution >= 0.6 is 11.3 Å². The molecule has 0 aliphatic carbocycles. The summed E-state index contributed by atoms with van der Waals surface area (Å²) in [6.07, 6.45) is 0. The summed E-state index contributed by atoms with van der Waals surface area (Å²) in [6.45, 7) is 0. The van der Waals surface area contributed by atoms with E-state index >= 15 is 0 Å². The van der Waals surface area contributed by atoms with Gasteiger partial charge in [-0.2, -0.15) is 0 Å². The lowest BCUT2D eigenvalue weighted by molar-refractivity contribution is 1.18. The number of hydrogen-bond donors (Lipinski definition) is 0. The van der Waals surface area contributed by atoms with Crippen molar-refractivity contribution in [3.05, 3.63) is 170 Å². The van der Waals surface area contributed by atoms with Crippen molar-refractivity contribution in [2.45, 2.75) is 0 Å². The Kier molecular flexibility index (Phi) is 7.07. The molecule has 3 heteroatoms. The van der Waals surface area contributed by atoms with Gasteiger partial charge in [0.25, 0.3) is 0 Å². The Morgan fingerprint density at radius 1 is 0.356 bits per heavy atom. The lowest BCUT2D eigenvalue weighted by atomic mass is 9.98. The van der Waals surface area contributed by atoms with E-state index in [9.17, 15) is 0 Å². The van der Waals surface area contributed by atoms with Crippen LogP contribution in [0.15, 0.2) is 170 Å². The van der Waals surface area contributed by atoms with Crippen molar-refractivity contribution in [1.29, 1.82) is 0 Å². The van der Waals surface area contributed by atoms with Crippen LogP contribution in [0.4, 0.5) is 0 Å². The molecule has 0 unspecified atom stereocenters. The third-order valence-corrected chi connectivity index (χ3v) is 9.30. The minimum atomic E-state index is 0.709. The fourth-order valence-corrected chi connectivity index (χ4v) is 6.90. The van der Waals surface area contributed by atoms with Gasteiger partial charge in [-0.15, -0.1) is 11.3 Å². The van der Waals surface area contributed by atoms with Gasteiger partial charge in [-0.3, -0.25) is 0 Å². The molecule has 0 saturated heterocycles. The van der Waals surface area contributed by atoms with Gasteiger partial charge in [-0.05, 0) is 57.5 Å². The number of benzene rings is 6. The molecule has 0 aliphatic rings. The van der Waals surface area contributed by atoms with Gasteiger partial charge in [-0.1, -0.05) is 146 Å².